The number of hydrogen-bond donors (Lipinski definition) is 1. The Hall–Kier alpha value is -1.07. The van der Waals surface area contributed by atoms with Crippen LogP contribution >= 0.6 is 23.2 Å². The summed E-state index contributed by atoms with van der Waals surface area (Å²) in [6.07, 6.45) is 3.25. The van der Waals surface area contributed by atoms with Gasteiger partial charge in [-0.2, -0.15) is 0 Å². The molecule has 0 spiro atoms. The fourth-order valence-electron chi connectivity index (χ4n) is 3.66. The molecular formula is C19H21Cl2NO2S. The van der Waals surface area contributed by atoms with Crippen LogP contribution in [-0.4, -0.2) is 21.7 Å². The Labute approximate surface area is 159 Å². The fraction of sp³-hybridized carbons (Fsp3) is 0.368. The van der Waals surface area contributed by atoms with Gasteiger partial charge < -0.3 is 5.32 Å². The average molecular weight is 398 g/mol. The lowest BCUT2D eigenvalue weighted by atomic mass is 9.76. The minimum Gasteiger partial charge on any atom is -0.313 e. The summed E-state index contributed by atoms with van der Waals surface area (Å²) in [4.78, 5) is 0. The molecule has 134 valence electrons. The van der Waals surface area contributed by atoms with Crippen LogP contribution in [0.4, 0.5) is 0 Å². The van der Waals surface area contributed by atoms with Crippen molar-refractivity contribution in [2.75, 3.05) is 13.3 Å². The van der Waals surface area contributed by atoms with E-state index in [2.05, 4.69) is 11.4 Å². The van der Waals surface area contributed by atoms with Crippen molar-refractivity contribution in [2.45, 2.75) is 30.6 Å². The molecular weight excluding hydrogens is 377 g/mol. The molecule has 2 aromatic rings. The standard InChI is InChI=1S/C19H21Cl2NO2S/c1-22-19-8-6-14(13-4-7-17(20)18(21)10-13)15-5-3-12(9-16(15)19)11-25(2,23)24/h3-5,7,9-10,14,19,22H,6,8,11H2,1-2H3. The van der Waals surface area contributed by atoms with Crippen molar-refractivity contribution in [2.24, 2.45) is 0 Å². The zero-order valence-corrected chi connectivity index (χ0v) is 16.5. The number of benzene rings is 2. The minimum atomic E-state index is -3.06. The minimum absolute atomic E-state index is 0.0636. The topological polar surface area (TPSA) is 46.2 Å². The van der Waals surface area contributed by atoms with E-state index >= 15 is 0 Å². The summed E-state index contributed by atoms with van der Waals surface area (Å²) < 4.78 is 23.3. The Bertz CT molecular complexity index is 896. The summed E-state index contributed by atoms with van der Waals surface area (Å²) >= 11 is 12.3. The second-order valence-electron chi connectivity index (χ2n) is 6.68. The van der Waals surface area contributed by atoms with E-state index in [1.165, 1.54) is 17.4 Å². The number of rotatable bonds is 4. The van der Waals surface area contributed by atoms with Crippen LogP contribution in [0.3, 0.4) is 0 Å². The lowest BCUT2D eigenvalue weighted by molar-refractivity contribution is 0.470. The van der Waals surface area contributed by atoms with E-state index in [-0.39, 0.29) is 17.7 Å². The third kappa shape index (κ3) is 4.20. The predicted octanol–water partition coefficient (Wildman–Crippen LogP) is 4.72. The van der Waals surface area contributed by atoms with Crippen molar-refractivity contribution in [1.82, 2.24) is 5.32 Å². The molecule has 0 heterocycles. The highest BCUT2D eigenvalue weighted by atomic mass is 35.5. The summed E-state index contributed by atoms with van der Waals surface area (Å²) in [5.74, 6) is 0.301. The molecule has 1 aliphatic carbocycles. The largest absolute Gasteiger partial charge is 0.313 e. The molecule has 2 unspecified atom stereocenters. The third-order valence-corrected chi connectivity index (χ3v) is 6.37. The molecule has 0 bridgehead atoms. The van der Waals surface area contributed by atoms with Crippen LogP contribution in [0.15, 0.2) is 36.4 Å². The molecule has 0 fully saturated rings. The molecule has 0 saturated carbocycles. The van der Waals surface area contributed by atoms with Crippen molar-refractivity contribution in [3.8, 4) is 0 Å². The monoisotopic (exact) mass is 397 g/mol. The Kier molecular flexibility index (Phi) is 5.45. The Morgan fingerprint density at radius 2 is 1.80 bits per heavy atom. The normalized spacial score (nSPS) is 20.3. The average Bonchev–Trinajstić information content (AvgIpc) is 2.55. The molecule has 25 heavy (non-hydrogen) atoms. The smallest absolute Gasteiger partial charge is 0.151 e. The Balaban J connectivity index is 2.04. The molecule has 1 aliphatic rings. The van der Waals surface area contributed by atoms with Crippen LogP contribution < -0.4 is 5.32 Å². The summed E-state index contributed by atoms with van der Waals surface area (Å²) in [5.41, 5.74) is 4.37. The van der Waals surface area contributed by atoms with Gasteiger partial charge in [-0.25, -0.2) is 8.42 Å². The van der Waals surface area contributed by atoms with Gasteiger partial charge in [0.2, 0.25) is 0 Å². The SMILES string of the molecule is CNC1CCC(c2ccc(Cl)c(Cl)c2)c2ccc(CS(C)(=O)=O)cc21. The van der Waals surface area contributed by atoms with Gasteiger partial charge in [-0.05, 0) is 54.3 Å². The van der Waals surface area contributed by atoms with E-state index in [1.54, 1.807) is 0 Å². The first-order valence-electron chi connectivity index (χ1n) is 8.21. The van der Waals surface area contributed by atoms with E-state index in [0.717, 1.165) is 24.0 Å². The first-order chi connectivity index (χ1) is 11.8. The molecule has 0 aromatic heterocycles. The van der Waals surface area contributed by atoms with Crippen molar-refractivity contribution in [3.63, 3.8) is 0 Å². The van der Waals surface area contributed by atoms with Gasteiger partial charge >= 0.3 is 0 Å². The molecule has 2 aromatic carbocycles. The summed E-state index contributed by atoms with van der Waals surface area (Å²) in [7, 11) is -1.11. The Morgan fingerprint density at radius 1 is 1.04 bits per heavy atom. The number of halogens is 2. The van der Waals surface area contributed by atoms with Crippen molar-refractivity contribution in [1.29, 1.82) is 0 Å². The lowest BCUT2D eigenvalue weighted by Gasteiger charge is -2.32. The van der Waals surface area contributed by atoms with Crippen LogP contribution in [0, 0.1) is 0 Å². The maximum Gasteiger partial charge on any atom is 0.151 e. The van der Waals surface area contributed by atoms with Crippen LogP contribution in [0.25, 0.3) is 0 Å². The van der Waals surface area contributed by atoms with E-state index in [0.29, 0.717) is 10.0 Å². The van der Waals surface area contributed by atoms with E-state index < -0.39 is 9.84 Å². The predicted molar refractivity (Wildman–Crippen MR) is 104 cm³/mol. The molecule has 1 N–H and O–H groups in total. The van der Waals surface area contributed by atoms with E-state index in [9.17, 15) is 8.42 Å². The molecule has 3 nitrogen and oxygen atoms in total. The maximum atomic E-state index is 11.6. The van der Waals surface area contributed by atoms with Crippen LogP contribution in [0.2, 0.25) is 10.0 Å². The fourth-order valence-corrected chi connectivity index (χ4v) is 4.75. The Morgan fingerprint density at radius 3 is 2.44 bits per heavy atom. The second kappa shape index (κ2) is 7.28. The van der Waals surface area contributed by atoms with Gasteiger partial charge in [0.15, 0.2) is 9.84 Å². The van der Waals surface area contributed by atoms with Crippen LogP contribution in [-0.2, 0) is 15.6 Å². The number of nitrogens with one attached hydrogen (secondary N) is 1. The molecule has 0 amide bonds. The summed E-state index contributed by atoms with van der Waals surface area (Å²) in [6.45, 7) is 0. The number of hydrogen-bond acceptors (Lipinski definition) is 3. The number of sulfone groups is 1. The van der Waals surface area contributed by atoms with Crippen LogP contribution in [0.1, 0.15) is 47.1 Å². The highest BCUT2D eigenvalue weighted by Gasteiger charge is 2.28. The third-order valence-electron chi connectivity index (χ3n) is 4.77. The van der Waals surface area contributed by atoms with Gasteiger partial charge in [0, 0.05) is 18.2 Å². The molecule has 0 radical (unpaired) electrons. The van der Waals surface area contributed by atoms with Crippen molar-refractivity contribution >= 4 is 33.0 Å². The van der Waals surface area contributed by atoms with Gasteiger partial charge in [0.1, 0.15) is 0 Å². The second-order valence-corrected chi connectivity index (χ2v) is 9.63. The number of fused-ring (bicyclic) bond motifs is 1. The van der Waals surface area contributed by atoms with Gasteiger partial charge in [-0.1, -0.05) is 47.5 Å². The quantitative estimate of drug-likeness (QED) is 0.811. The van der Waals surface area contributed by atoms with Gasteiger partial charge in [-0.15, -0.1) is 0 Å². The van der Waals surface area contributed by atoms with Crippen molar-refractivity contribution < 1.29 is 8.42 Å². The first-order valence-corrected chi connectivity index (χ1v) is 11.0. The highest BCUT2D eigenvalue weighted by Crippen LogP contribution is 2.42. The zero-order valence-electron chi connectivity index (χ0n) is 14.2. The summed E-state index contributed by atoms with van der Waals surface area (Å²) in [5, 5.41) is 4.46. The van der Waals surface area contributed by atoms with Crippen LogP contribution in [0.5, 0.6) is 0 Å². The molecule has 2 atom stereocenters. The summed E-state index contributed by atoms with van der Waals surface area (Å²) in [6, 6.07) is 12.0. The molecule has 0 saturated heterocycles. The van der Waals surface area contributed by atoms with E-state index in [4.69, 9.17) is 23.2 Å². The molecule has 3 rings (SSSR count). The first kappa shape index (κ1) is 18.7. The molecule has 0 aliphatic heterocycles. The lowest BCUT2D eigenvalue weighted by Crippen LogP contribution is -2.24. The van der Waals surface area contributed by atoms with Gasteiger partial charge in [0.05, 0.1) is 15.8 Å². The van der Waals surface area contributed by atoms with E-state index in [1.807, 2.05) is 37.4 Å². The zero-order chi connectivity index (χ0) is 18.2. The molecule has 6 heteroatoms. The van der Waals surface area contributed by atoms with Crippen molar-refractivity contribution in [3.05, 3.63) is 68.7 Å². The van der Waals surface area contributed by atoms with Gasteiger partial charge in [-0.3, -0.25) is 0 Å². The maximum absolute atomic E-state index is 11.6. The van der Waals surface area contributed by atoms with Gasteiger partial charge in [0.25, 0.3) is 0 Å². The highest BCUT2D eigenvalue weighted by molar-refractivity contribution is 7.89.